The molecule has 5 nitrogen and oxygen atoms in total. The number of alkyl halides is 3. The smallest absolute Gasteiger partial charge is 0.340 e. The summed E-state index contributed by atoms with van der Waals surface area (Å²) in [5.74, 6) is 0.484. The number of amides is 1. The van der Waals surface area contributed by atoms with Crippen molar-refractivity contribution >= 4 is 23.2 Å². The second kappa shape index (κ2) is 9.75. The number of piperazine rings is 1. The molecule has 1 saturated carbocycles. The summed E-state index contributed by atoms with van der Waals surface area (Å²) in [4.78, 5) is 21.7. The second-order valence-corrected chi connectivity index (χ2v) is 10.5. The van der Waals surface area contributed by atoms with Gasteiger partial charge >= 0.3 is 6.18 Å². The number of pyridine rings is 1. The summed E-state index contributed by atoms with van der Waals surface area (Å²) in [6.07, 6.45) is -0.552. The monoisotopic (exact) mass is 538 g/mol. The van der Waals surface area contributed by atoms with Gasteiger partial charge in [0.05, 0.1) is 17.0 Å². The number of nitrogens with zero attached hydrogens (tertiary/aromatic N) is 4. The SMILES string of the molecule is O=C(C1CC1)N1CCN(Cc2c(-c3ccc(Cl)cc3)nc3ccc(-c4cccc(C(F)(F)F)c4)cn23)CC1. The summed E-state index contributed by atoms with van der Waals surface area (Å²) < 4.78 is 42.0. The number of fused-ring (bicyclic) bond motifs is 1. The van der Waals surface area contributed by atoms with Crippen LogP contribution in [-0.2, 0) is 17.5 Å². The predicted octanol–water partition coefficient (Wildman–Crippen LogP) is 6.39. The number of carbonyl (C=O) groups is 1. The first-order chi connectivity index (χ1) is 18.3. The van der Waals surface area contributed by atoms with E-state index in [2.05, 4.69) is 4.90 Å². The summed E-state index contributed by atoms with van der Waals surface area (Å²) in [5.41, 5.74) is 3.85. The van der Waals surface area contributed by atoms with E-state index < -0.39 is 11.7 Å². The third-order valence-corrected chi connectivity index (χ3v) is 7.59. The summed E-state index contributed by atoms with van der Waals surface area (Å²) in [6.45, 7) is 3.48. The van der Waals surface area contributed by atoms with Crippen LogP contribution in [0.1, 0.15) is 24.1 Å². The van der Waals surface area contributed by atoms with Gasteiger partial charge in [-0.15, -0.1) is 0 Å². The van der Waals surface area contributed by atoms with Crippen LogP contribution in [0.3, 0.4) is 0 Å². The fraction of sp³-hybridized carbons (Fsp3) is 0.310. The molecule has 9 heteroatoms. The molecule has 0 radical (unpaired) electrons. The van der Waals surface area contributed by atoms with E-state index in [0.29, 0.717) is 41.4 Å². The number of hydrogen-bond donors (Lipinski definition) is 0. The van der Waals surface area contributed by atoms with Crippen molar-refractivity contribution in [1.82, 2.24) is 19.2 Å². The van der Waals surface area contributed by atoms with Crippen molar-refractivity contribution in [1.29, 1.82) is 0 Å². The van der Waals surface area contributed by atoms with Gasteiger partial charge in [-0.05, 0) is 60.4 Å². The lowest BCUT2D eigenvalue weighted by atomic mass is 10.0. The van der Waals surface area contributed by atoms with Crippen molar-refractivity contribution < 1.29 is 18.0 Å². The van der Waals surface area contributed by atoms with Gasteiger partial charge in [-0.2, -0.15) is 13.2 Å². The highest BCUT2D eigenvalue weighted by atomic mass is 35.5. The van der Waals surface area contributed by atoms with E-state index in [9.17, 15) is 18.0 Å². The first-order valence-electron chi connectivity index (χ1n) is 12.7. The van der Waals surface area contributed by atoms with Gasteiger partial charge < -0.3 is 9.30 Å². The second-order valence-electron chi connectivity index (χ2n) is 10.0. The first kappa shape index (κ1) is 24.9. The molecule has 0 N–H and O–H groups in total. The van der Waals surface area contributed by atoms with Gasteiger partial charge in [0.1, 0.15) is 5.65 Å². The van der Waals surface area contributed by atoms with E-state index in [1.54, 1.807) is 12.1 Å². The number of aromatic nitrogens is 2. The molecule has 4 aromatic rings. The Bertz CT molecular complexity index is 1490. The highest BCUT2D eigenvalue weighted by molar-refractivity contribution is 6.30. The van der Waals surface area contributed by atoms with E-state index in [1.165, 1.54) is 12.1 Å². The fourth-order valence-electron chi connectivity index (χ4n) is 5.06. The minimum Gasteiger partial charge on any atom is -0.340 e. The maximum Gasteiger partial charge on any atom is 0.416 e. The van der Waals surface area contributed by atoms with Crippen molar-refractivity contribution in [3.63, 3.8) is 0 Å². The van der Waals surface area contributed by atoms with E-state index in [1.807, 2.05) is 45.8 Å². The van der Waals surface area contributed by atoms with Crippen molar-refractivity contribution in [3.8, 4) is 22.4 Å². The lowest BCUT2D eigenvalue weighted by Crippen LogP contribution is -2.48. The minimum absolute atomic E-state index is 0.214. The van der Waals surface area contributed by atoms with Gasteiger partial charge in [0, 0.05) is 55.4 Å². The van der Waals surface area contributed by atoms with Gasteiger partial charge in [0.2, 0.25) is 5.91 Å². The summed E-state index contributed by atoms with van der Waals surface area (Å²) in [5, 5.41) is 0.627. The topological polar surface area (TPSA) is 40.9 Å². The Kier molecular flexibility index (Phi) is 6.40. The highest BCUT2D eigenvalue weighted by Crippen LogP contribution is 2.34. The average molecular weight is 539 g/mol. The maximum absolute atomic E-state index is 13.4. The summed E-state index contributed by atoms with van der Waals surface area (Å²) in [6, 6.07) is 16.5. The molecule has 38 heavy (non-hydrogen) atoms. The predicted molar refractivity (Wildman–Crippen MR) is 141 cm³/mol. The normalized spacial score (nSPS) is 16.8. The molecule has 0 unspecified atom stereocenters. The lowest BCUT2D eigenvalue weighted by molar-refractivity contribution is -0.137. The van der Waals surface area contributed by atoms with Crippen LogP contribution in [0, 0.1) is 5.92 Å². The molecule has 196 valence electrons. The summed E-state index contributed by atoms with van der Waals surface area (Å²) in [7, 11) is 0. The van der Waals surface area contributed by atoms with Gasteiger partial charge in [-0.25, -0.2) is 4.98 Å². The fourth-order valence-corrected chi connectivity index (χ4v) is 5.18. The number of benzene rings is 2. The molecule has 2 aromatic heterocycles. The van der Waals surface area contributed by atoms with Crippen molar-refractivity contribution in [2.24, 2.45) is 5.92 Å². The molecular weight excluding hydrogens is 513 g/mol. The van der Waals surface area contributed by atoms with Crippen LogP contribution >= 0.6 is 11.6 Å². The Hall–Kier alpha value is -3.36. The Balaban J connectivity index is 1.36. The Morgan fingerprint density at radius 3 is 2.32 bits per heavy atom. The molecule has 0 bridgehead atoms. The lowest BCUT2D eigenvalue weighted by Gasteiger charge is -2.35. The quantitative estimate of drug-likeness (QED) is 0.295. The molecule has 1 saturated heterocycles. The Morgan fingerprint density at radius 1 is 0.921 bits per heavy atom. The van der Waals surface area contributed by atoms with Crippen LogP contribution in [0.4, 0.5) is 13.2 Å². The van der Waals surface area contributed by atoms with Crippen LogP contribution in [-0.4, -0.2) is 51.3 Å². The minimum atomic E-state index is -4.41. The summed E-state index contributed by atoms with van der Waals surface area (Å²) >= 11 is 6.13. The zero-order valence-corrected chi connectivity index (χ0v) is 21.3. The van der Waals surface area contributed by atoms with Crippen LogP contribution in [0.2, 0.25) is 5.02 Å². The van der Waals surface area contributed by atoms with Crippen LogP contribution < -0.4 is 0 Å². The number of hydrogen-bond acceptors (Lipinski definition) is 3. The molecule has 0 spiro atoms. The Morgan fingerprint density at radius 2 is 1.63 bits per heavy atom. The molecule has 6 rings (SSSR count). The third-order valence-electron chi connectivity index (χ3n) is 7.34. The number of carbonyl (C=O) groups excluding carboxylic acids is 1. The number of imidazole rings is 1. The third kappa shape index (κ3) is 5.02. The zero-order valence-electron chi connectivity index (χ0n) is 20.6. The molecule has 0 atom stereocenters. The average Bonchev–Trinajstić information content (AvgIpc) is 3.71. The molecular formula is C29H26ClF3N4O. The van der Waals surface area contributed by atoms with E-state index in [4.69, 9.17) is 16.6 Å². The molecule has 1 aliphatic heterocycles. The largest absolute Gasteiger partial charge is 0.416 e. The molecule has 2 fully saturated rings. The zero-order chi connectivity index (χ0) is 26.4. The van der Waals surface area contributed by atoms with E-state index in [0.717, 1.165) is 48.9 Å². The molecule has 3 heterocycles. The molecule has 2 aliphatic rings. The van der Waals surface area contributed by atoms with E-state index >= 15 is 0 Å². The van der Waals surface area contributed by atoms with Gasteiger partial charge in [0.25, 0.3) is 0 Å². The molecule has 2 aromatic carbocycles. The van der Waals surface area contributed by atoms with Crippen LogP contribution in [0.5, 0.6) is 0 Å². The molecule has 1 amide bonds. The number of rotatable bonds is 5. The van der Waals surface area contributed by atoms with Crippen molar-refractivity contribution in [2.45, 2.75) is 25.6 Å². The van der Waals surface area contributed by atoms with Gasteiger partial charge in [-0.1, -0.05) is 35.9 Å². The Labute approximate surface area is 223 Å². The van der Waals surface area contributed by atoms with Crippen LogP contribution in [0.15, 0.2) is 66.9 Å². The standard InChI is InChI=1S/C29H26ClF3N4O/c30-24-9-6-19(7-10-24)27-25(18-35-12-14-36(15-13-35)28(38)20-4-5-20)37-17-22(8-11-26(37)34-27)21-2-1-3-23(16-21)29(31,32)33/h1-3,6-11,16-17,20H,4-5,12-15,18H2. The van der Waals surface area contributed by atoms with Crippen molar-refractivity contribution in [2.75, 3.05) is 26.2 Å². The van der Waals surface area contributed by atoms with Crippen molar-refractivity contribution in [3.05, 3.63) is 83.1 Å². The van der Waals surface area contributed by atoms with E-state index in [-0.39, 0.29) is 11.8 Å². The number of halogens is 4. The van der Waals surface area contributed by atoms with Gasteiger partial charge in [-0.3, -0.25) is 9.69 Å². The first-order valence-corrected chi connectivity index (χ1v) is 13.1. The van der Waals surface area contributed by atoms with Crippen LogP contribution in [0.25, 0.3) is 28.0 Å². The molecule has 1 aliphatic carbocycles. The highest BCUT2D eigenvalue weighted by Gasteiger charge is 2.35. The maximum atomic E-state index is 13.4. The van der Waals surface area contributed by atoms with Gasteiger partial charge in [0.15, 0.2) is 0 Å².